The highest BCUT2D eigenvalue weighted by molar-refractivity contribution is 6.30. The third-order valence-corrected chi connectivity index (χ3v) is 3.75. The van der Waals surface area contributed by atoms with Crippen LogP contribution in [0.2, 0.25) is 5.02 Å². The van der Waals surface area contributed by atoms with Crippen LogP contribution in [0.1, 0.15) is 23.9 Å². The number of hydrogen-bond donors (Lipinski definition) is 2. The fourth-order valence-electron chi connectivity index (χ4n) is 2.57. The van der Waals surface area contributed by atoms with Gasteiger partial charge in [-0.05, 0) is 25.1 Å². The molecular formula is C13H13ClFN3. The quantitative estimate of drug-likeness (QED) is 0.832. The van der Waals surface area contributed by atoms with Crippen LogP contribution in [0.5, 0.6) is 0 Å². The smallest absolute Gasteiger partial charge is 0.128 e. The molecular weight excluding hydrogens is 253 g/mol. The Labute approximate surface area is 109 Å². The molecule has 0 spiro atoms. The lowest BCUT2D eigenvalue weighted by atomic mass is 9.84. The number of halogens is 2. The molecule has 94 valence electrons. The van der Waals surface area contributed by atoms with Crippen LogP contribution in [0.25, 0.3) is 0 Å². The zero-order chi connectivity index (χ0) is 12.8. The van der Waals surface area contributed by atoms with Crippen molar-refractivity contribution in [3.05, 3.63) is 52.3 Å². The number of hydrogen-bond acceptors (Lipinski definition) is 2. The van der Waals surface area contributed by atoms with E-state index < -0.39 is 5.54 Å². The Morgan fingerprint density at radius 2 is 2.28 bits per heavy atom. The van der Waals surface area contributed by atoms with Crippen LogP contribution < -0.4 is 5.32 Å². The standard InChI is InChI=1S/C13H13ClFN3/c1-13(9-6-8(14)2-3-10(9)15)12-11(4-5-18-13)16-7-17-12/h2-3,6-7,18H,4-5H2,1H3,(H,16,17). The summed E-state index contributed by atoms with van der Waals surface area (Å²) in [4.78, 5) is 7.44. The van der Waals surface area contributed by atoms with E-state index in [-0.39, 0.29) is 5.82 Å². The summed E-state index contributed by atoms with van der Waals surface area (Å²) in [7, 11) is 0. The van der Waals surface area contributed by atoms with Crippen LogP contribution in [-0.2, 0) is 12.0 Å². The van der Waals surface area contributed by atoms with Gasteiger partial charge in [-0.2, -0.15) is 0 Å². The van der Waals surface area contributed by atoms with Gasteiger partial charge >= 0.3 is 0 Å². The molecule has 1 unspecified atom stereocenters. The number of aromatic nitrogens is 2. The first-order valence-electron chi connectivity index (χ1n) is 5.84. The Balaban J connectivity index is 2.20. The van der Waals surface area contributed by atoms with E-state index in [1.165, 1.54) is 6.07 Å². The van der Waals surface area contributed by atoms with Gasteiger partial charge in [0.1, 0.15) is 5.82 Å². The van der Waals surface area contributed by atoms with Crippen LogP contribution >= 0.6 is 11.6 Å². The van der Waals surface area contributed by atoms with Gasteiger partial charge in [0, 0.05) is 29.2 Å². The minimum Gasteiger partial charge on any atom is -0.348 e. The van der Waals surface area contributed by atoms with Gasteiger partial charge in [0.15, 0.2) is 0 Å². The lowest BCUT2D eigenvalue weighted by Gasteiger charge is -2.34. The Morgan fingerprint density at radius 1 is 1.44 bits per heavy atom. The molecule has 2 N–H and O–H groups in total. The van der Waals surface area contributed by atoms with Crippen molar-refractivity contribution in [2.24, 2.45) is 0 Å². The predicted molar refractivity (Wildman–Crippen MR) is 68.2 cm³/mol. The molecule has 0 bridgehead atoms. The second-order valence-electron chi connectivity index (χ2n) is 4.66. The van der Waals surface area contributed by atoms with Crippen molar-refractivity contribution in [3.63, 3.8) is 0 Å². The van der Waals surface area contributed by atoms with Gasteiger partial charge in [0.25, 0.3) is 0 Å². The number of fused-ring (bicyclic) bond motifs is 1. The molecule has 0 radical (unpaired) electrons. The monoisotopic (exact) mass is 265 g/mol. The SMILES string of the molecule is CC1(c2cc(Cl)ccc2F)NCCc2[nH]cnc21. The van der Waals surface area contributed by atoms with E-state index in [1.807, 2.05) is 6.92 Å². The van der Waals surface area contributed by atoms with Crippen LogP contribution in [0.15, 0.2) is 24.5 Å². The second-order valence-corrected chi connectivity index (χ2v) is 5.09. The van der Waals surface area contributed by atoms with Crippen molar-refractivity contribution < 1.29 is 4.39 Å². The number of imidazole rings is 1. The molecule has 0 fully saturated rings. The number of H-pyrrole nitrogens is 1. The number of aromatic amines is 1. The van der Waals surface area contributed by atoms with Gasteiger partial charge in [-0.15, -0.1) is 0 Å². The van der Waals surface area contributed by atoms with E-state index in [0.717, 1.165) is 24.4 Å². The molecule has 2 heterocycles. The maximum Gasteiger partial charge on any atom is 0.128 e. The maximum atomic E-state index is 14.1. The number of benzene rings is 1. The van der Waals surface area contributed by atoms with Gasteiger partial charge in [0.2, 0.25) is 0 Å². The molecule has 1 aliphatic rings. The number of rotatable bonds is 1. The normalized spacial score (nSPS) is 22.8. The summed E-state index contributed by atoms with van der Waals surface area (Å²) >= 11 is 5.98. The molecule has 0 saturated carbocycles. The number of nitrogens with one attached hydrogen (secondary N) is 2. The Kier molecular flexibility index (Phi) is 2.64. The van der Waals surface area contributed by atoms with Gasteiger partial charge in [-0.3, -0.25) is 0 Å². The first kappa shape index (κ1) is 11.7. The zero-order valence-electron chi connectivity index (χ0n) is 9.93. The summed E-state index contributed by atoms with van der Waals surface area (Å²) in [5.74, 6) is -0.273. The van der Waals surface area contributed by atoms with Crippen LogP contribution in [0, 0.1) is 5.82 Å². The lowest BCUT2D eigenvalue weighted by Crippen LogP contribution is -2.46. The van der Waals surface area contributed by atoms with Crippen LogP contribution in [-0.4, -0.2) is 16.5 Å². The van der Waals surface area contributed by atoms with Crippen molar-refractivity contribution in [1.82, 2.24) is 15.3 Å². The van der Waals surface area contributed by atoms with Gasteiger partial charge in [-0.1, -0.05) is 11.6 Å². The highest BCUT2D eigenvalue weighted by Gasteiger charge is 2.37. The van der Waals surface area contributed by atoms with Crippen LogP contribution in [0.3, 0.4) is 0 Å². The average Bonchev–Trinajstić information content (AvgIpc) is 2.82. The predicted octanol–water partition coefficient (Wildman–Crippen LogP) is 2.61. The molecule has 5 heteroatoms. The van der Waals surface area contributed by atoms with Crippen LogP contribution in [0.4, 0.5) is 4.39 Å². The largest absolute Gasteiger partial charge is 0.348 e. The molecule has 3 rings (SSSR count). The Morgan fingerprint density at radius 3 is 3.11 bits per heavy atom. The summed E-state index contributed by atoms with van der Waals surface area (Å²) in [5.41, 5.74) is 1.79. The molecule has 0 saturated heterocycles. The molecule has 18 heavy (non-hydrogen) atoms. The topological polar surface area (TPSA) is 40.7 Å². The van der Waals surface area contributed by atoms with E-state index >= 15 is 0 Å². The van der Waals surface area contributed by atoms with E-state index in [4.69, 9.17) is 11.6 Å². The first-order chi connectivity index (χ1) is 8.61. The van der Waals surface area contributed by atoms with Crippen molar-refractivity contribution >= 4 is 11.6 Å². The highest BCUT2D eigenvalue weighted by Crippen LogP contribution is 2.35. The summed E-state index contributed by atoms with van der Waals surface area (Å²) in [6, 6.07) is 4.61. The van der Waals surface area contributed by atoms with E-state index in [1.54, 1.807) is 18.5 Å². The number of nitrogens with zero attached hydrogens (tertiary/aromatic N) is 1. The molecule has 1 aromatic carbocycles. The molecule has 3 nitrogen and oxygen atoms in total. The Hall–Kier alpha value is -1.39. The third-order valence-electron chi connectivity index (χ3n) is 3.51. The van der Waals surface area contributed by atoms with Gasteiger partial charge in [0.05, 0.1) is 17.6 Å². The average molecular weight is 266 g/mol. The van der Waals surface area contributed by atoms with E-state index in [2.05, 4.69) is 15.3 Å². The summed E-state index contributed by atoms with van der Waals surface area (Å²) < 4.78 is 14.1. The minimum atomic E-state index is -0.636. The fourth-order valence-corrected chi connectivity index (χ4v) is 2.74. The third kappa shape index (κ3) is 1.64. The highest BCUT2D eigenvalue weighted by atomic mass is 35.5. The molecule has 0 aliphatic carbocycles. The van der Waals surface area contributed by atoms with Crippen molar-refractivity contribution in [3.8, 4) is 0 Å². The summed E-state index contributed by atoms with van der Waals surface area (Å²) in [5, 5.41) is 3.87. The van der Waals surface area contributed by atoms with Crippen molar-refractivity contribution in [2.45, 2.75) is 18.9 Å². The van der Waals surface area contributed by atoms with E-state index in [0.29, 0.717) is 10.6 Å². The van der Waals surface area contributed by atoms with Gasteiger partial charge in [-0.25, -0.2) is 9.37 Å². The molecule has 0 amide bonds. The maximum absolute atomic E-state index is 14.1. The van der Waals surface area contributed by atoms with Crippen molar-refractivity contribution in [1.29, 1.82) is 0 Å². The summed E-state index contributed by atoms with van der Waals surface area (Å²) in [6.45, 7) is 2.71. The zero-order valence-corrected chi connectivity index (χ0v) is 10.7. The van der Waals surface area contributed by atoms with E-state index in [9.17, 15) is 4.39 Å². The molecule has 2 aromatic rings. The molecule has 1 aliphatic heterocycles. The lowest BCUT2D eigenvalue weighted by molar-refractivity contribution is 0.387. The molecule has 1 aromatic heterocycles. The van der Waals surface area contributed by atoms with Gasteiger partial charge < -0.3 is 10.3 Å². The minimum absolute atomic E-state index is 0.273. The molecule has 1 atom stereocenters. The summed E-state index contributed by atoms with van der Waals surface area (Å²) in [6.07, 6.45) is 2.52. The Bertz CT molecular complexity index is 596. The first-order valence-corrected chi connectivity index (χ1v) is 6.22. The fraction of sp³-hybridized carbons (Fsp3) is 0.308. The second kappa shape index (κ2) is 4.07. The van der Waals surface area contributed by atoms with Crippen molar-refractivity contribution in [2.75, 3.05) is 6.54 Å².